The van der Waals surface area contributed by atoms with Crippen molar-refractivity contribution in [1.82, 2.24) is 4.90 Å². The Morgan fingerprint density at radius 2 is 1.91 bits per heavy atom. The van der Waals surface area contributed by atoms with Crippen LogP contribution < -0.4 is 0 Å². The quantitative estimate of drug-likeness (QED) is 0.317. The maximum atomic E-state index is 12.6. The Labute approximate surface area is 192 Å². The van der Waals surface area contributed by atoms with E-state index in [9.17, 15) is 19.7 Å². The largest absolute Gasteiger partial charge is 0.478 e. The van der Waals surface area contributed by atoms with E-state index in [1.54, 1.807) is 56.4 Å². The van der Waals surface area contributed by atoms with Crippen molar-refractivity contribution in [3.8, 4) is 11.3 Å². The van der Waals surface area contributed by atoms with E-state index in [0.29, 0.717) is 38.4 Å². The number of furan rings is 1. The fourth-order valence-electron chi connectivity index (χ4n) is 3.11. The summed E-state index contributed by atoms with van der Waals surface area (Å²) in [4.78, 5) is 40.6. The third-order valence-electron chi connectivity index (χ3n) is 4.93. The molecule has 1 N–H and O–H groups in total. The van der Waals surface area contributed by atoms with E-state index in [-0.39, 0.29) is 17.2 Å². The standard InChI is InChI=1S/C23H17N3O6S/c1-13-3-4-15(11-18(13)26(30)31)19-10-9-17(32-19)12-20-21(27)25(2)23(33-20)24-16-7-5-14(6-8-16)22(28)29/h3-12H,1-2H3,(H,28,29)/b20-12+,24-23?. The Morgan fingerprint density at radius 3 is 2.58 bits per heavy atom. The minimum Gasteiger partial charge on any atom is -0.478 e. The number of carbonyl (C=O) groups excluding carboxylic acids is 1. The molecule has 1 aliphatic heterocycles. The molecule has 2 heterocycles. The monoisotopic (exact) mass is 463 g/mol. The summed E-state index contributed by atoms with van der Waals surface area (Å²) in [5.74, 6) is -0.421. The zero-order valence-electron chi connectivity index (χ0n) is 17.5. The average Bonchev–Trinajstić information content (AvgIpc) is 3.35. The van der Waals surface area contributed by atoms with Gasteiger partial charge in [-0.1, -0.05) is 12.1 Å². The van der Waals surface area contributed by atoms with Crippen molar-refractivity contribution in [2.75, 3.05) is 7.05 Å². The lowest BCUT2D eigenvalue weighted by molar-refractivity contribution is -0.385. The molecule has 0 atom stereocenters. The second-order valence-electron chi connectivity index (χ2n) is 7.18. The first kappa shape index (κ1) is 22.0. The summed E-state index contributed by atoms with van der Waals surface area (Å²) in [5, 5.41) is 20.6. The highest BCUT2D eigenvalue weighted by molar-refractivity contribution is 8.18. The molecule has 0 unspecified atom stereocenters. The maximum Gasteiger partial charge on any atom is 0.335 e. The van der Waals surface area contributed by atoms with Gasteiger partial charge in [-0.3, -0.25) is 19.8 Å². The minimum absolute atomic E-state index is 0.00389. The number of rotatable bonds is 5. The summed E-state index contributed by atoms with van der Waals surface area (Å²) in [6, 6.07) is 14.2. The highest BCUT2D eigenvalue weighted by Gasteiger charge is 2.30. The highest BCUT2D eigenvalue weighted by atomic mass is 32.2. The first-order valence-corrected chi connectivity index (χ1v) is 10.5. The second kappa shape index (κ2) is 8.75. The number of aryl methyl sites for hydroxylation is 1. The van der Waals surface area contributed by atoms with Crippen molar-refractivity contribution in [1.29, 1.82) is 0 Å². The number of carboxylic acid groups (broad SMARTS) is 1. The molecular formula is C23H17N3O6S. The van der Waals surface area contributed by atoms with E-state index in [4.69, 9.17) is 9.52 Å². The molecule has 1 aromatic heterocycles. The van der Waals surface area contributed by atoms with Gasteiger partial charge in [0.2, 0.25) is 0 Å². The third-order valence-corrected chi connectivity index (χ3v) is 5.99. The number of nitro benzene ring substituents is 1. The smallest absolute Gasteiger partial charge is 0.335 e. The van der Waals surface area contributed by atoms with Crippen LogP contribution in [0.15, 0.2) is 68.9 Å². The number of nitrogens with zero attached hydrogens (tertiary/aromatic N) is 3. The molecule has 0 spiro atoms. The SMILES string of the molecule is Cc1ccc(-c2ccc(/C=C3/SC(=Nc4ccc(C(=O)O)cc4)N(C)C3=O)o2)cc1[N+](=O)[O-]. The number of likely N-dealkylation sites (N-methyl/N-ethyl adjacent to an activating group) is 1. The zero-order valence-corrected chi connectivity index (χ0v) is 18.3. The van der Waals surface area contributed by atoms with E-state index in [1.807, 2.05) is 0 Å². The van der Waals surface area contributed by atoms with E-state index in [1.165, 1.54) is 23.1 Å². The van der Waals surface area contributed by atoms with Crippen molar-refractivity contribution in [3.63, 3.8) is 0 Å². The first-order chi connectivity index (χ1) is 15.7. The van der Waals surface area contributed by atoms with Crippen LogP contribution in [0, 0.1) is 17.0 Å². The van der Waals surface area contributed by atoms with Crippen molar-refractivity contribution < 1.29 is 24.0 Å². The Hall–Kier alpha value is -4.18. The number of hydrogen-bond donors (Lipinski definition) is 1. The number of aliphatic imine (C=N–C) groups is 1. The molecule has 2 aromatic carbocycles. The van der Waals surface area contributed by atoms with E-state index >= 15 is 0 Å². The van der Waals surface area contributed by atoms with E-state index < -0.39 is 10.9 Å². The normalized spacial score (nSPS) is 16.1. The van der Waals surface area contributed by atoms with Crippen LogP contribution in [0.1, 0.15) is 21.7 Å². The lowest BCUT2D eigenvalue weighted by Gasteiger charge is -2.07. The van der Waals surface area contributed by atoms with Gasteiger partial charge in [-0.05, 0) is 55.1 Å². The van der Waals surface area contributed by atoms with Crippen molar-refractivity contribution in [2.45, 2.75) is 6.92 Å². The van der Waals surface area contributed by atoms with Crippen molar-refractivity contribution >= 4 is 46.3 Å². The Balaban J connectivity index is 1.57. The van der Waals surface area contributed by atoms with Crippen LogP contribution in [0.5, 0.6) is 0 Å². The van der Waals surface area contributed by atoms with Gasteiger partial charge in [-0.25, -0.2) is 9.79 Å². The Bertz CT molecular complexity index is 1340. The van der Waals surface area contributed by atoms with Gasteiger partial charge in [0, 0.05) is 30.3 Å². The van der Waals surface area contributed by atoms with Gasteiger partial charge in [0.1, 0.15) is 11.5 Å². The van der Waals surface area contributed by atoms with Gasteiger partial charge in [0.15, 0.2) is 5.17 Å². The number of amidine groups is 1. The molecular weight excluding hydrogens is 446 g/mol. The summed E-state index contributed by atoms with van der Waals surface area (Å²) in [7, 11) is 1.60. The summed E-state index contributed by atoms with van der Waals surface area (Å²) in [6.07, 6.45) is 1.59. The molecule has 0 aliphatic carbocycles. The zero-order chi connectivity index (χ0) is 23.7. The molecule has 0 bridgehead atoms. The molecule has 1 amide bonds. The number of hydrogen-bond acceptors (Lipinski definition) is 7. The molecule has 33 heavy (non-hydrogen) atoms. The lowest BCUT2D eigenvalue weighted by atomic mass is 10.1. The van der Waals surface area contributed by atoms with Gasteiger partial charge in [0.05, 0.1) is 21.1 Å². The molecule has 0 radical (unpaired) electrons. The molecule has 10 heteroatoms. The fourth-order valence-corrected chi connectivity index (χ4v) is 4.08. The van der Waals surface area contributed by atoms with Gasteiger partial charge in [-0.15, -0.1) is 0 Å². The highest BCUT2D eigenvalue weighted by Crippen LogP contribution is 2.34. The number of benzene rings is 2. The van der Waals surface area contributed by atoms with Gasteiger partial charge < -0.3 is 9.52 Å². The number of nitro groups is 1. The second-order valence-corrected chi connectivity index (χ2v) is 8.19. The lowest BCUT2D eigenvalue weighted by Crippen LogP contribution is -2.23. The summed E-state index contributed by atoms with van der Waals surface area (Å²) in [6.45, 7) is 1.67. The predicted molar refractivity (Wildman–Crippen MR) is 124 cm³/mol. The number of aromatic carboxylic acids is 1. The number of amides is 1. The van der Waals surface area contributed by atoms with Crippen LogP contribution in [-0.2, 0) is 4.79 Å². The minimum atomic E-state index is -1.03. The van der Waals surface area contributed by atoms with Crippen LogP contribution in [-0.4, -0.2) is 39.0 Å². The van der Waals surface area contributed by atoms with Crippen LogP contribution in [0.3, 0.4) is 0 Å². The van der Waals surface area contributed by atoms with E-state index in [0.717, 1.165) is 11.8 Å². The topological polar surface area (TPSA) is 126 Å². The molecule has 1 saturated heterocycles. The van der Waals surface area contributed by atoms with Gasteiger partial charge in [0.25, 0.3) is 11.6 Å². The number of carboxylic acids is 1. The van der Waals surface area contributed by atoms with Crippen molar-refractivity contribution in [2.24, 2.45) is 4.99 Å². The number of carbonyl (C=O) groups is 2. The van der Waals surface area contributed by atoms with Crippen LogP contribution in [0.2, 0.25) is 0 Å². The maximum absolute atomic E-state index is 12.6. The third kappa shape index (κ3) is 4.55. The molecule has 3 aromatic rings. The van der Waals surface area contributed by atoms with Crippen LogP contribution in [0.4, 0.5) is 11.4 Å². The Morgan fingerprint density at radius 1 is 1.18 bits per heavy atom. The van der Waals surface area contributed by atoms with E-state index in [2.05, 4.69) is 4.99 Å². The van der Waals surface area contributed by atoms with Crippen molar-refractivity contribution in [3.05, 3.63) is 86.5 Å². The molecule has 9 nitrogen and oxygen atoms in total. The van der Waals surface area contributed by atoms with Crippen LogP contribution in [0.25, 0.3) is 17.4 Å². The Kier molecular flexibility index (Phi) is 5.84. The molecule has 0 saturated carbocycles. The summed E-state index contributed by atoms with van der Waals surface area (Å²) >= 11 is 1.16. The molecule has 1 aliphatic rings. The first-order valence-electron chi connectivity index (χ1n) is 9.68. The van der Waals surface area contributed by atoms with Gasteiger partial charge >= 0.3 is 5.97 Å². The molecule has 1 fully saturated rings. The summed E-state index contributed by atoms with van der Waals surface area (Å²) in [5.41, 5.74) is 1.79. The number of thioether (sulfide) groups is 1. The molecule has 4 rings (SSSR count). The van der Waals surface area contributed by atoms with Crippen LogP contribution >= 0.6 is 11.8 Å². The van der Waals surface area contributed by atoms with Gasteiger partial charge in [-0.2, -0.15) is 0 Å². The molecule has 166 valence electrons. The average molecular weight is 463 g/mol. The predicted octanol–water partition coefficient (Wildman–Crippen LogP) is 5.10. The summed E-state index contributed by atoms with van der Waals surface area (Å²) < 4.78 is 5.80. The fraction of sp³-hybridized carbons (Fsp3) is 0.0870.